The molecule has 1 aliphatic rings. The summed E-state index contributed by atoms with van der Waals surface area (Å²) in [6.45, 7) is 3.36. The van der Waals surface area contributed by atoms with Crippen LogP contribution < -0.4 is 10.1 Å². The van der Waals surface area contributed by atoms with Crippen molar-refractivity contribution in [3.63, 3.8) is 0 Å². The van der Waals surface area contributed by atoms with E-state index >= 15 is 0 Å². The van der Waals surface area contributed by atoms with E-state index in [2.05, 4.69) is 16.3 Å². The number of hydrogen-bond acceptors (Lipinski definition) is 3. The zero-order valence-electron chi connectivity index (χ0n) is 16.8. The number of para-hydroxylation sites is 1. The van der Waals surface area contributed by atoms with Gasteiger partial charge in [0.15, 0.2) is 0 Å². The number of nitrogens with zero attached hydrogens (tertiary/aromatic N) is 1. The predicted octanol–water partition coefficient (Wildman–Crippen LogP) is 4.96. The molecule has 1 amide bonds. The molecular formula is C23H28Cl2N2O2. The Bertz CT molecular complexity index is 820. The van der Waals surface area contributed by atoms with Crippen molar-refractivity contribution >= 4 is 29.1 Å². The van der Waals surface area contributed by atoms with Crippen molar-refractivity contribution in [1.29, 1.82) is 0 Å². The normalized spacial score (nSPS) is 15.3. The Kier molecular flexibility index (Phi) is 8.22. The molecule has 6 heteroatoms. The van der Waals surface area contributed by atoms with E-state index < -0.39 is 0 Å². The van der Waals surface area contributed by atoms with Crippen LogP contribution in [0.5, 0.6) is 5.75 Å². The van der Waals surface area contributed by atoms with Crippen LogP contribution in [0, 0.1) is 5.92 Å². The lowest BCUT2D eigenvalue weighted by Gasteiger charge is -2.31. The van der Waals surface area contributed by atoms with Crippen LogP contribution in [0.4, 0.5) is 0 Å². The number of carbonyl (C=O) groups excluding carboxylic acids is 1. The summed E-state index contributed by atoms with van der Waals surface area (Å²) in [6.07, 6.45) is 3.58. The fourth-order valence-electron chi connectivity index (χ4n) is 3.79. The molecule has 1 saturated heterocycles. The maximum absolute atomic E-state index is 12.5. The van der Waals surface area contributed by atoms with Gasteiger partial charge in [0.05, 0.1) is 17.2 Å². The number of carbonyl (C=O) groups is 1. The van der Waals surface area contributed by atoms with Gasteiger partial charge in [0, 0.05) is 19.0 Å². The molecule has 2 aromatic carbocycles. The molecule has 0 aliphatic carbocycles. The summed E-state index contributed by atoms with van der Waals surface area (Å²) < 4.78 is 5.38. The van der Waals surface area contributed by atoms with Crippen molar-refractivity contribution in [1.82, 2.24) is 10.2 Å². The molecule has 1 aliphatic heterocycles. The molecular weight excluding hydrogens is 407 g/mol. The first-order chi connectivity index (χ1) is 14.1. The number of amides is 1. The van der Waals surface area contributed by atoms with Crippen LogP contribution >= 0.6 is 23.2 Å². The second-order valence-corrected chi connectivity index (χ2v) is 8.32. The molecule has 29 heavy (non-hydrogen) atoms. The van der Waals surface area contributed by atoms with Gasteiger partial charge in [-0.25, -0.2) is 0 Å². The van der Waals surface area contributed by atoms with Gasteiger partial charge in [-0.2, -0.15) is 0 Å². The topological polar surface area (TPSA) is 41.6 Å². The van der Waals surface area contributed by atoms with Crippen molar-refractivity contribution in [2.75, 3.05) is 26.7 Å². The summed E-state index contributed by atoms with van der Waals surface area (Å²) in [4.78, 5) is 14.9. The molecule has 0 unspecified atom stereocenters. The Morgan fingerprint density at radius 1 is 1.14 bits per heavy atom. The van der Waals surface area contributed by atoms with E-state index in [9.17, 15) is 4.79 Å². The highest BCUT2D eigenvalue weighted by Gasteiger charge is 2.24. The number of ether oxygens (including phenoxy) is 1. The van der Waals surface area contributed by atoms with Crippen LogP contribution in [0.3, 0.4) is 0 Å². The lowest BCUT2D eigenvalue weighted by atomic mass is 9.95. The molecule has 0 radical (unpaired) electrons. The number of benzene rings is 2. The van der Waals surface area contributed by atoms with Gasteiger partial charge < -0.3 is 10.1 Å². The minimum atomic E-state index is 0.103. The van der Waals surface area contributed by atoms with Gasteiger partial charge in [0.1, 0.15) is 5.75 Å². The van der Waals surface area contributed by atoms with E-state index in [4.69, 9.17) is 27.9 Å². The smallest absolute Gasteiger partial charge is 0.223 e. The average molecular weight is 435 g/mol. The molecule has 1 heterocycles. The summed E-state index contributed by atoms with van der Waals surface area (Å²) in [5.41, 5.74) is 2.33. The molecule has 3 rings (SSSR count). The first-order valence-electron chi connectivity index (χ1n) is 10.1. The molecule has 1 fully saturated rings. The minimum Gasteiger partial charge on any atom is -0.496 e. The third-order valence-electron chi connectivity index (χ3n) is 5.46. The zero-order chi connectivity index (χ0) is 20.6. The number of rotatable bonds is 8. The first-order valence-corrected chi connectivity index (χ1v) is 10.9. The second kappa shape index (κ2) is 10.9. The average Bonchev–Trinajstić information content (AvgIpc) is 2.74. The van der Waals surface area contributed by atoms with Crippen molar-refractivity contribution in [2.24, 2.45) is 5.92 Å². The highest BCUT2D eigenvalue weighted by atomic mass is 35.5. The number of aryl methyl sites for hydroxylation is 1. The van der Waals surface area contributed by atoms with Crippen LogP contribution in [0.2, 0.25) is 10.0 Å². The fraction of sp³-hybridized carbons (Fsp3) is 0.435. The molecule has 0 aromatic heterocycles. The summed E-state index contributed by atoms with van der Waals surface area (Å²) in [7, 11) is 1.69. The third-order valence-corrected chi connectivity index (χ3v) is 6.20. The van der Waals surface area contributed by atoms with E-state index in [1.807, 2.05) is 36.4 Å². The quantitative estimate of drug-likeness (QED) is 0.596. The zero-order valence-corrected chi connectivity index (χ0v) is 18.3. The Balaban J connectivity index is 1.37. The van der Waals surface area contributed by atoms with E-state index in [1.165, 1.54) is 5.56 Å². The summed E-state index contributed by atoms with van der Waals surface area (Å²) in [5, 5.41) is 4.28. The van der Waals surface area contributed by atoms with Crippen LogP contribution in [0.1, 0.15) is 30.4 Å². The van der Waals surface area contributed by atoms with Crippen molar-refractivity contribution < 1.29 is 9.53 Å². The van der Waals surface area contributed by atoms with Crippen molar-refractivity contribution in [3.05, 3.63) is 63.6 Å². The summed E-state index contributed by atoms with van der Waals surface area (Å²) >= 11 is 12.1. The number of likely N-dealkylation sites (tertiary alicyclic amines) is 1. The Morgan fingerprint density at radius 2 is 1.90 bits per heavy atom. The summed E-state index contributed by atoms with van der Waals surface area (Å²) in [6, 6.07) is 13.8. The standard InChI is InChI=1S/C23H28Cl2N2O2/c1-29-22-7-3-2-5-18(22)6-4-12-26-23(28)19-10-13-27(14-11-19)16-17-8-9-20(24)21(25)15-17/h2-3,5,7-9,15,19H,4,6,10-14,16H2,1H3,(H,26,28). The molecule has 4 nitrogen and oxygen atoms in total. The van der Waals surface area contributed by atoms with E-state index in [1.54, 1.807) is 7.11 Å². The highest BCUT2D eigenvalue weighted by molar-refractivity contribution is 6.42. The molecule has 1 N–H and O–H groups in total. The highest BCUT2D eigenvalue weighted by Crippen LogP contribution is 2.25. The molecule has 0 saturated carbocycles. The van der Waals surface area contributed by atoms with Gasteiger partial charge in [-0.05, 0) is 68.1 Å². The second-order valence-electron chi connectivity index (χ2n) is 7.51. The number of piperidine rings is 1. The SMILES string of the molecule is COc1ccccc1CCCNC(=O)C1CCN(Cc2ccc(Cl)c(Cl)c2)CC1. The van der Waals surface area contributed by atoms with E-state index in [-0.39, 0.29) is 11.8 Å². The molecule has 0 spiro atoms. The van der Waals surface area contributed by atoms with Crippen molar-refractivity contribution in [2.45, 2.75) is 32.2 Å². The molecule has 2 aromatic rings. The molecule has 156 valence electrons. The van der Waals surface area contributed by atoms with Gasteiger partial charge in [0.2, 0.25) is 5.91 Å². The fourth-order valence-corrected chi connectivity index (χ4v) is 4.11. The van der Waals surface area contributed by atoms with Gasteiger partial charge in [-0.3, -0.25) is 9.69 Å². The van der Waals surface area contributed by atoms with Crippen LogP contribution in [0.25, 0.3) is 0 Å². The van der Waals surface area contributed by atoms with Gasteiger partial charge in [0.25, 0.3) is 0 Å². The molecule has 0 bridgehead atoms. The lowest BCUT2D eigenvalue weighted by Crippen LogP contribution is -2.40. The Labute approximate surface area is 183 Å². The monoisotopic (exact) mass is 434 g/mol. The first kappa shape index (κ1) is 21.9. The number of nitrogens with one attached hydrogen (secondary N) is 1. The maximum Gasteiger partial charge on any atom is 0.223 e. The Hall–Kier alpha value is -1.75. The Morgan fingerprint density at radius 3 is 2.62 bits per heavy atom. The van der Waals surface area contributed by atoms with Crippen LogP contribution in [0.15, 0.2) is 42.5 Å². The van der Waals surface area contributed by atoms with Crippen LogP contribution in [-0.4, -0.2) is 37.6 Å². The van der Waals surface area contributed by atoms with Crippen LogP contribution in [-0.2, 0) is 17.8 Å². The van der Waals surface area contributed by atoms with Gasteiger partial charge in [-0.1, -0.05) is 47.5 Å². The van der Waals surface area contributed by atoms with Gasteiger partial charge in [-0.15, -0.1) is 0 Å². The maximum atomic E-state index is 12.5. The van der Waals surface area contributed by atoms with Gasteiger partial charge >= 0.3 is 0 Å². The van der Waals surface area contributed by atoms with E-state index in [0.29, 0.717) is 16.6 Å². The third kappa shape index (κ3) is 6.36. The largest absolute Gasteiger partial charge is 0.496 e. The molecule has 0 atom stereocenters. The number of halogens is 2. The number of methoxy groups -OCH3 is 1. The van der Waals surface area contributed by atoms with Crippen molar-refractivity contribution in [3.8, 4) is 5.75 Å². The lowest BCUT2D eigenvalue weighted by molar-refractivity contribution is -0.126. The minimum absolute atomic E-state index is 0.103. The predicted molar refractivity (Wildman–Crippen MR) is 119 cm³/mol. The summed E-state index contributed by atoms with van der Waals surface area (Å²) in [5.74, 6) is 1.19. The van der Waals surface area contributed by atoms with E-state index in [0.717, 1.165) is 56.6 Å². The number of hydrogen-bond donors (Lipinski definition) is 1.